The molecule has 0 aromatic heterocycles. The standard InChI is InChI=1S/C27H32FN5O4/c1-4-37-25(34)23-22(31(3)26(35)30-24(23)19-9-8-10-20(28)15-19)17-32-13-14-33(18(2)16-32)27(36)29-21-11-6-5-7-12-21/h5-12,15,18,24H,4,13-14,16-17H2,1-3H3,(H,29,36)(H,30,35)/t18-,24+/m0/s1. The molecule has 0 saturated carbocycles. The van der Waals surface area contributed by atoms with E-state index in [1.165, 1.54) is 17.0 Å². The molecule has 37 heavy (non-hydrogen) atoms. The lowest BCUT2D eigenvalue weighted by molar-refractivity contribution is -0.139. The quantitative estimate of drug-likeness (QED) is 0.581. The van der Waals surface area contributed by atoms with Crippen molar-refractivity contribution in [2.75, 3.05) is 45.2 Å². The van der Waals surface area contributed by atoms with Crippen molar-refractivity contribution in [2.24, 2.45) is 0 Å². The highest BCUT2D eigenvalue weighted by Crippen LogP contribution is 2.32. The maximum atomic E-state index is 14.0. The Morgan fingerprint density at radius 1 is 1.14 bits per heavy atom. The average molecular weight is 510 g/mol. The number of hydrogen-bond donors (Lipinski definition) is 2. The predicted molar refractivity (Wildman–Crippen MR) is 137 cm³/mol. The number of para-hydroxylation sites is 1. The number of rotatable bonds is 6. The molecule has 2 aliphatic heterocycles. The first-order valence-electron chi connectivity index (χ1n) is 12.3. The molecule has 2 aliphatic rings. The van der Waals surface area contributed by atoms with Crippen LogP contribution in [0.25, 0.3) is 0 Å². The van der Waals surface area contributed by atoms with Gasteiger partial charge in [0.1, 0.15) is 5.82 Å². The van der Waals surface area contributed by atoms with Gasteiger partial charge in [-0.15, -0.1) is 0 Å². The van der Waals surface area contributed by atoms with E-state index in [0.29, 0.717) is 37.4 Å². The van der Waals surface area contributed by atoms with E-state index in [0.717, 1.165) is 5.69 Å². The molecule has 4 amide bonds. The second-order valence-electron chi connectivity index (χ2n) is 9.15. The van der Waals surface area contributed by atoms with Crippen molar-refractivity contribution in [1.82, 2.24) is 20.0 Å². The molecule has 0 unspecified atom stereocenters. The number of hydrogen-bond acceptors (Lipinski definition) is 5. The normalized spacial score (nSPS) is 20.5. The van der Waals surface area contributed by atoms with Gasteiger partial charge in [0.15, 0.2) is 0 Å². The third kappa shape index (κ3) is 5.91. The molecule has 2 N–H and O–H groups in total. The fraction of sp³-hybridized carbons (Fsp3) is 0.370. The maximum Gasteiger partial charge on any atom is 0.338 e. The zero-order chi connectivity index (χ0) is 26.5. The zero-order valence-electron chi connectivity index (χ0n) is 21.2. The van der Waals surface area contributed by atoms with Crippen molar-refractivity contribution >= 4 is 23.7 Å². The number of ether oxygens (including phenoxy) is 1. The molecular formula is C27H32FN5O4. The summed E-state index contributed by atoms with van der Waals surface area (Å²) in [5.41, 5.74) is 1.94. The van der Waals surface area contributed by atoms with Gasteiger partial charge in [0.05, 0.1) is 18.2 Å². The van der Waals surface area contributed by atoms with E-state index in [-0.39, 0.29) is 24.3 Å². The van der Waals surface area contributed by atoms with Gasteiger partial charge >= 0.3 is 18.0 Å². The van der Waals surface area contributed by atoms with E-state index in [9.17, 15) is 18.8 Å². The van der Waals surface area contributed by atoms with Crippen LogP contribution in [0.4, 0.5) is 19.7 Å². The summed E-state index contributed by atoms with van der Waals surface area (Å²) in [4.78, 5) is 44.1. The lowest BCUT2D eigenvalue weighted by atomic mass is 9.94. The first-order valence-corrected chi connectivity index (χ1v) is 12.3. The summed E-state index contributed by atoms with van der Waals surface area (Å²) < 4.78 is 19.4. The Bertz CT molecular complexity index is 1190. The van der Waals surface area contributed by atoms with E-state index in [2.05, 4.69) is 15.5 Å². The molecule has 4 rings (SSSR count). The highest BCUT2D eigenvalue weighted by Gasteiger charge is 2.38. The van der Waals surface area contributed by atoms with Gasteiger partial charge in [-0.2, -0.15) is 0 Å². The molecule has 2 atom stereocenters. The van der Waals surface area contributed by atoms with E-state index >= 15 is 0 Å². The highest BCUT2D eigenvalue weighted by atomic mass is 19.1. The van der Waals surface area contributed by atoms with Crippen molar-refractivity contribution < 1.29 is 23.5 Å². The minimum Gasteiger partial charge on any atom is -0.463 e. The Kier molecular flexibility index (Phi) is 8.08. The van der Waals surface area contributed by atoms with Crippen LogP contribution in [-0.4, -0.2) is 78.6 Å². The lowest BCUT2D eigenvalue weighted by Crippen LogP contribution is -2.56. The molecular weight excluding hydrogens is 477 g/mol. The van der Waals surface area contributed by atoms with Crippen LogP contribution >= 0.6 is 0 Å². The van der Waals surface area contributed by atoms with Gasteiger partial charge in [-0.3, -0.25) is 9.80 Å². The summed E-state index contributed by atoms with van der Waals surface area (Å²) in [6, 6.07) is 13.6. The summed E-state index contributed by atoms with van der Waals surface area (Å²) in [5.74, 6) is -1.03. The monoisotopic (exact) mass is 509 g/mol. The molecule has 10 heteroatoms. The fourth-order valence-corrected chi connectivity index (χ4v) is 4.74. The lowest BCUT2D eigenvalue weighted by Gasteiger charge is -2.42. The summed E-state index contributed by atoms with van der Waals surface area (Å²) >= 11 is 0. The number of esters is 1. The minimum atomic E-state index is -0.844. The van der Waals surface area contributed by atoms with E-state index in [4.69, 9.17) is 4.74 Å². The number of carbonyl (C=O) groups excluding carboxylic acids is 3. The largest absolute Gasteiger partial charge is 0.463 e. The molecule has 0 bridgehead atoms. The van der Waals surface area contributed by atoms with Crippen molar-refractivity contribution in [3.05, 3.63) is 77.2 Å². The summed E-state index contributed by atoms with van der Waals surface area (Å²) in [6.07, 6.45) is 0. The van der Waals surface area contributed by atoms with Crippen LogP contribution < -0.4 is 10.6 Å². The van der Waals surface area contributed by atoms with Crippen molar-refractivity contribution in [3.8, 4) is 0 Å². The van der Waals surface area contributed by atoms with E-state index < -0.39 is 23.9 Å². The number of likely N-dealkylation sites (N-methyl/N-ethyl adjacent to an activating group) is 1. The minimum absolute atomic E-state index is 0.106. The van der Waals surface area contributed by atoms with Gasteiger partial charge in [0.2, 0.25) is 0 Å². The van der Waals surface area contributed by atoms with Crippen LogP contribution in [-0.2, 0) is 9.53 Å². The second kappa shape index (κ2) is 11.4. The molecule has 2 aromatic carbocycles. The molecule has 1 saturated heterocycles. The van der Waals surface area contributed by atoms with Crippen molar-refractivity contribution in [1.29, 1.82) is 0 Å². The van der Waals surface area contributed by atoms with Gasteiger partial charge in [-0.1, -0.05) is 30.3 Å². The number of piperazine rings is 1. The molecule has 2 heterocycles. The SMILES string of the molecule is CCOC(=O)C1=C(CN2CCN(C(=O)Nc3ccccc3)[C@@H](C)C2)N(C)C(=O)N[C@@H]1c1cccc(F)c1. The number of nitrogens with zero attached hydrogens (tertiary/aromatic N) is 3. The summed E-state index contributed by atoms with van der Waals surface area (Å²) in [7, 11) is 1.60. The number of anilines is 1. The number of benzene rings is 2. The molecule has 0 radical (unpaired) electrons. The Labute approximate surface area is 215 Å². The van der Waals surface area contributed by atoms with Crippen molar-refractivity contribution in [2.45, 2.75) is 25.9 Å². The van der Waals surface area contributed by atoms with Crippen LogP contribution in [0.5, 0.6) is 0 Å². The number of carbonyl (C=O) groups is 3. The van der Waals surface area contributed by atoms with Gasteiger partial charge in [0.25, 0.3) is 0 Å². The number of nitrogens with one attached hydrogen (secondary N) is 2. The van der Waals surface area contributed by atoms with Gasteiger partial charge in [-0.25, -0.2) is 18.8 Å². The third-order valence-electron chi connectivity index (χ3n) is 6.63. The predicted octanol–water partition coefficient (Wildman–Crippen LogP) is 3.58. The molecule has 2 aromatic rings. The summed E-state index contributed by atoms with van der Waals surface area (Å²) in [5, 5.41) is 5.72. The molecule has 196 valence electrons. The molecule has 0 aliphatic carbocycles. The first-order chi connectivity index (χ1) is 17.8. The highest BCUT2D eigenvalue weighted by molar-refractivity contribution is 5.95. The fourth-order valence-electron chi connectivity index (χ4n) is 4.74. The first kappa shape index (κ1) is 26.2. The van der Waals surface area contributed by atoms with Crippen molar-refractivity contribution in [3.63, 3.8) is 0 Å². The molecule has 0 spiro atoms. The number of amides is 4. The Hall–Kier alpha value is -3.92. The van der Waals surface area contributed by atoms with Gasteiger partial charge < -0.3 is 20.3 Å². The van der Waals surface area contributed by atoms with Crippen LogP contribution in [0.1, 0.15) is 25.5 Å². The Morgan fingerprint density at radius 3 is 2.57 bits per heavy atom. The van der Waals surface area contributed by atoms with Gasteiger partial charge in [-0.05, 0) is 43.7 Å². The molecule has 1 fully saturated rings. The number of urea groups is 2. The second-order valence-corrected chi connectivity index (χ2v) is 9.15. The van der Waals surface area contributed by atoms with Crippen LogP contribution in [0, 0.1) is 5.82 Å². The zero-order valence-corrected chi connectivity index (χ0v) is 21.2. The number of halogens is 1. The summed E-state index contributed by atoms with van der Waals surface area (Å²) in [6.45, 7) is 5.70. The average Bonchev–Trinajstić information content (AvgIpc) is 2.87. The Balaban J connectivity index is 1.56. The topological polar surface area (TPSA) is 94.2 Å². The Morgan fingerprint density at radius 2 is 1.89 bits per heavy atom. The van der Waals surface area contributed by atoms with E-state index in [1.807, 2.05) is 37.3 Å². The van der Waals surface area contributed by atoms with E-state index in [1.54, 1.807) is 31.0 Å². The van der Waals surface area contributed by atoms with Gasteiger partial charge in [0, 0.05) is 50.7 Å². The third-order valence-corrected chi connectivity index (χ3v) is 6.63. The van der Waals surface area contributed by atoms with Crippen LogP contribution in [0.3, 0.4) is 0 Å². The maximum absolute atomic E-state index is 14.0. The van der Waals surface area contributed by atoms with Crippen LogP contribution in [0.2, 0.25) is 0 Å². The molecule has 9 nitrogen and oxygen atoms in total. The smallest absolute Gasteiger partial charge is 0.338 e. The van der Waals surface area contributed by atoms with Crippen LogP contribution in [0.15, 0.2) is 65.9 Å².